The molecule has 0 bridgehead atoms. The molecule has 0 spiro atoms. The molecular formula is C26H29N3O. The fourth-order valence-corrected chi connectivity index (χ4v) is 5.12. The van der Waals surface area contributed by atoms with Crippen molar-refractivity contribution in [2.45, 2.75) is 51.5 Å². The van der Waals surface area contributed by atoms with Crippen molar-refractivity contribution in [2.24, 2.45) is 5.73 Å². The number of aromatic nitrogens is 1. The third-order valence-corrected chi connectivity index (χ3v) is 6.64. The molecule has 30 heavy (non-hydrogen) atoms. The molecule has 0 radical (unpaired) electrons. The molecule has 1 saturated heterocycles. The van der Waals surface area contributed by atoms with E-state index in [1.165, 1.54) is 66.7 Å². The van der Waals surface area contributed by atoms with Crippen molar-refractivity contribution in [3.63, 3.8) is 0 Å². The van der Waals surface area contributed by atoms with Crippen LogP contribution in [0, 0.1) is 0 Å². The minimum Gasteiger partial charge on any atom is -0.366 e. The van der Waals surface area contributed by atoms with Crippen molar-refractivity contribution < 1.29 is 4.79 Å². The van der Waals surface area contributed by atoms with E-state index in [9.17, 15) is 4.79 Å². The van der Waals surface area contributed by atoms with Gasteiger partial charge in [-0.15, -0.1) is 0 Å². The summed E-state index contributed by atoms with van der Waals surface area (Å²) in [4.78, 5) is 19.2. The standard InChI is InChI=1S/C26H29N3O/c27-26(30)20-10-11-22-23(21-8-1-2-9-24(21)28-25(22)16-20)15-18-6-5-7-19(14-18)17-29-12-3-4-13-29/h5-7,10-11,14,16H,1-4,8-9,12-13,15,17H2,(H2,27,30). The Labute approximate surface area is 178 Å². The second-order valence-electron chi connectivity index (χ2n) is 8.80. The van der Waals surface area contributed by atoms with Crippen molar-refractivity contribution in [3.05, 3.63) is 76.0 Å². The topological polar surface area (TPSA) is 59.2 Å². The molecular weight excluding hydrogens is 370 g/mol. The molecule has 3 aromatic rings. The summed E-state index contributed by atoms with van der Waals surface area (Å²) in [6.07, 6.45) is 8.08. The molecule has 1 aliphatic carbocycles. The summed E-state index contributed by atoms with van der Waals surface area (Å²) in [6.45, 7) is 3.48. The Hall–Kier alpha value is -2.72. The van der Waals surface area contributed by atoms with E-state index in [0.29, 0.717) is 5.56 Å². The number of rotatable bonds is 5. The largest absolute Gasteiger partial charge is 0.366 e. The molecule has 1 fully saturated rings. The lowest BCUT2D eigenvalue weighted by molar-refractivity contribution is 0.100. The first kappa shape index (κ1) is 19.3. The fourth-order valence-electron chi connectivity index (χ4n) is 5.12. The zero-order valence-electron chi connectivity index (χ0n) is 17.5. The van der Waals surface area contributed by atoms with Crippen LogP contribution in [-0.4, -0.2) is 28.9 Å². The number of aryl methyl sites for hydroxylation is 1. The van der Waals surface area contributed by atoms with Gasteiger partial charge in [-0.2, -0.15) is 0 Å². The third-order valence-electron chi connectivity index (χ3n) is 6.64. The zero-order valence-corrected chi connectivity index (χ0v) is 17.5. The Morgan fingerprint density at radius 3 is 2.60 bits per heavy atom. The molecule has 2 aliphatic rings. The quantitative estimate of drug-likeness (QED) is 0.692. The predicted molar refractivity (Wildman–Crippen MR) is 121 cm³/mol. The van der Waals surface area contributed by atoms with E-state index in [1.807, 2.05) is 18.2 Å². The number of pyridine rings is 1. The molecule has 0 saturated carbocycles. The highest BCUT2D eigenvalue weighted by Gasteiger charge is 2.19. The van der Waals surface area contributed by atoms with Crippen LogP contribution < -0.4 is 5.73 Å². The van der Waals surface area contributed by atoms with Gasteiger partial charge in [0.15, 0.2) is 0 Å². The SMILES string of the molecule is NC(=O)c1ccc2c(Cc3cccc(CN4CCCC4)c3)c3c(nc2c1)CCCC3. The maximum absolute atomic E-state index is 11.7. The Kier molecular flexibility index (Phi) is 5.26. The summed E-state index contributed by atoms with van der Waals surface area (Å²) in [6, 6.07) is 14.8. The number of hydrogen-bond acceptors (Lipinski definition) is 3. The number of carbonyl (C=O) groups is 1. The second-order valence-corrected chi connectivity index (χ2v) is 8.80. The molecule has 0 atom stereocenters. The highest BCUT2D eigenvalue weighted by molar-refractivity contribution is 5.97. The summed E-state index contributed by atoms with van der Waals surface area (Å²) in [5, 5.41) is 1.16. The van der Waals surface area contributed by atoms with E-state index in [1.54, 1.807) is 0 Å². The van der Waals surface area contributed by atoms with Crippen molar-refractivity contribution in [2.75, 3.05) is 13.1 Å². The number of amides is 1. The lowest BCUT2D eigenvalue weighted by Crippen LogP contribution is -2.18. The van der Waals surface area contributed by atoms with Gasteiger partial charge in [-0.1, -0.05) is 30.3 Å². The molecule has 2 aromatic carbocycles. The van der Waals surface area contributed by atoms with Crippen LogP contribution in [0.3, 0.4) is 0 Å². The average Bonchev–Trinajstić information content (AvgIpc) is 3.26. The molecule has 0 unspecified atom stereocenters. The summed E-state index contributed by atoms with van der Waals surface area (Å²) >= 11 is 0. The van der Waals surface area contributed by atoms with Gasteiger partial charge in [0.2, 0.25) is 5.91 Å². The summed E-state index contributed by atoms with van der Waals surface area (Å²) in [5.74, 6) is -0.396. The average molecular weight is 400 g/mol. The van der Waals surface area contributed by atoms with Gasteiger partial charge in [0.25, 0.3) is 0 Å². The van der Waals surface area contributed by atoms with Gasteiger partial charge in [-0.05, 0) is 92.4 Å². The molecule has 4 heteroatoms. The number of nitrogens with zero attached hydrogens (tertiary/aromatic N) is 2. The minimum atomic E-state index is -0.396. The van der Waals surface area contributed by atoms with Crippen molar-refractivity contribution in [3.8, 4) is 0 Å². The molecule has 2 heterocycles. The molecule has 2 N–H and O–H groups in total. The predicted octanol–water partition coefficient (Wildman–Crippen LogP) is 4.40. The van der Waals surface area contributed by atoms with Crippen LogP contribution in [0.1, 0.15) is 64.0 Å². The van der Waals surface area contributed by atoms with Crippen LogP contribution in [-0.2, 0) is 25.8 Å². The van der Waals surface area contributed by atoms with Gasteiger partial charge in [-0.25, -0.2) is 0 Å². The van der Waals surface area contributed by atoms with E-state index in [-0.39, 0.29) is 0 Å². The summed E-state index contributed by atoms with van der Waals surface area (Å²) in [5.41, 5.74) is 13.7. The first-order valence-corrected chi connectivity index (χ1v) is 11.2. The van der Waals surface area contributed by atoms with Crippen molar-refractivity contribution in [1.82, 2.24) is 9.88 Å². The van der Waals surface area contributed by atoms with Gasteiger partial charge in [0.1, 0.15) is 0 Å². The van der Waals surface area contributed by atoms with E-state index in [2.05, 4.69) is 29.2 Å². The number of benzene rings is 2. The van der Waals surface area contributed by atoms with E-state index >= 15 is 0 Å². The van der Waals surface area contributed by atoms with Gasteiger partial charge in [-0.3, -0.25) is 14.7 Å². The Bertz CT molecular complexity index is 1100. The first-order chi connectivity index (χ1) is 14.7. The number of fused-ring (bicyclic) bond motifs is 2. The van der Waals surface area contributed by atoms with Crippen LogP contribution in [0.25, 0.3) is 10.9 Å². The first-order valence-electron chi connectivity index (χ1n) is 11.2. The van der Waals surface area contributed by atoms with E-state index < -0.39 is 5.91 Å². The zero-order chi connectivity index (χ0) is 20.5. The number of primary amides is 1. The minimum absolute atomic E-state index is 0.396. The Balaban J connectivity index is 1.53. The molecule has 1 aliphatic heterocycles. The smallest absolute Gasteiger partial charge is 0.248 e. The van der Waals surface area contributed by atoms with Gasteiger partial charge < -0.3 is 5.73 Å². The Morgan fingerprint density at radius 1 is 0.967 bits per heavy atom. The van der Waals surface area contributed by atoms with Gasteiger partial charge in [0, 0.05) is 23.2 Å². The second kappa shape index (κ2) is 8.19. The highest BCUT2D eigenvalue weighted by Crippen LogP contribution is 2.31. The summed E-state index contributed by atoms with van der Waals surface area (Å²) in [7, 11) is 0. The lowest BCUT2D eigenvalue weighted by Gasteiger charge is -2.21. The van der Waals surface area contributed by atoms with Crippen LogP contribution in [0.2, 0.25) is 0 Å². The maximum atomic E-state index is 11.7. The molecule has 5 rings (SSSR count). The van der Waals surface area contributed by atoms with Crippen LogP contribution in [0.4, 0.5) is 0 Å². The summed E-state index contributed by atoms with van der Waals surface area (Å²) < 4.78 is 0. The number of hydrogen-bond donors (Lipinski definition) is 1. The maximum Gasteiger partial charge on any atom is 0.248 e. The monoisotopic (exact) mass is 399 g/mol. The lowest BCUT2D eigenvalue weighted by atomic mass is 9.86. The number of likely N-dealkylation sites (tertiary alicyclic amines) is 1. The van der Waals surface area contributed by atoms with Gasteiger partial charge >= 0.3 is 0 Å². The van der Waals surface area contributed by atoms with Crippen LogP contribution in [0.15, 0.2) is 42.5 Å². The van der Waals surface area contributed by atoms with E-state index in [4.69, 9.17) is 10.7 Å². The number of nitrogens with two attached hydrogens (primary N) is 1. The Morgan fingerprint density at radius 2 is 1.77 bits per heavy atom. The van der Waals surface area contributed by atoms with Crippen LogP contribution >= 0.6 is 0 Å². The number of carbonyl (C=O) groups excluding carboxylic acids is 1. The molecule has 1 aromatic heterocycles. The molecule has 154 valence electrons. The molecule has 4 nitrogen and oxygen atoms in total. The van der Waals surface area contributed by atoms with Gasteiger partial charge in [0.05, 0.1) is 5.52 Å². The molecule has 1 amide bonds. The van der Waals surface area contributed by atoms with Crippen molar-refractivity contribution >= 4 is 16.8 Å². The highest BCUT2D eigenvalue weighted by atomic mass is 16.1. The third kappa shape index (κ3) is 3.84. The van der Waals surface area contributed by atoms with Crippen LogP contribution in [0.5, 0.6) is 0 Å². The fraction of sp³-hybridized carbons (Fsp3) is 0.385. The van der Waals surface area contributed by atoms with Crippen molar-refractivity contribution in [1.29, 1.82) is 0 Å². The normalized spacial score (nSPS) is 16.7. The van der Waals surface area contributed by atoms with E-state index in [0.717, 1.165) is 36.7 Å².